The number of hydrogen-bond donors (Lipinski definition) is 2. The standard InChI is InChI=1S/C19H15NO3/c1-19(2)8-15-14-6-12(22)5-10(9-20)17(14)23-18(15)13-4-3-11(21)7-16(13)19/h3-7,21-22H,8H2,1-2H3. The van der Waals surface area contributed by atoms with Gasteiger partial charge in [-0.25, -0.2) is 0 Å². The Bertz CT molecular complexity index is 1010. The van der Waals surface area contributed by atoms with Crippen LogP contribution in [0.4, 0.5) is 0 Å². The molecular weight excluding hydrogens is 290 g/mol. The summed E-state index contributed by atoms with van der Waals surface area (Å²) < 4.78 is 6.01. The van der Waals surface area contributed by atoms with E-state index in [2.05, 4.69) is 19.9 Å². The van der Waals surface area contributed by atoms with E-state index in [0.717, 1.165) is 27.8 Å². The fourth-order valence-electron chi connectivity index (χ4n) is 3.54. The second-order valence-electron chi connectivity index (χ2n) is 6.68. The topological polar surface area (TPSA) is 77.4 Å². The van der Waals surface area contributed by atoms with Gasteiger partial charge in [0.05, 0.1) is 5.56 Å². The summed E-state index contributed by atoms with van der Waals surface area (Å²) in [6.07, 6.45) is 0.708. The fourth-order valence-corrected chi connectivity index (χ4v) is 3.54. The van der Waals surface area contributed by atoms with Crippen molar-refractivity contribution in [3.63, 3.8) is 0 Å². The van der Waals surface area contributed by atoms with Crippen molar-refractivity contribution in [2.24, 2.45) is 0 Å². The molecule has 0 radical (unpaired) electrons. The summed E-state index contributed by atoms with van der Waals surface area (Å²) in [5.41, 5.74) is 3.59. The molecule has 0 spiro atoms. The lowest BCUT2D eigenvalue weighted by Crippen LogP contribution is -2.24. The SMILES string of the molecule is CC1(C)Cc2c(oc3c(C#N)cc(O)cc23)-c2ccc(O)cc21. The number of nitrogens with zero attached hydrogens (tertiary/aromatic N) is 1. The lowest BCUT2D eigenvalue weighted by atomic mass is 9.71. The van der Waals surface area contributed by atoms with Crippen LogP contribution in [-0.4, -0.2) is 10.2 Å². The molecule has 3 aromatic rings. The normalized spacial score (nSPS) is 15.0. The molecule has 4 rings (SSSR count). The third-order valence-electron chi connectivity index (χ3n) is 4.59. The molecule has 0 aliphatic heterocycles. The number of rotatable bonds is 0. The summed E-state index contributed by atoms with van der Waals surface area (Å²) in [6, 6.07) is 10.4. The van der Waals surface area contributed by atoms with Crippen LogP contribution in [0.1, 0.15) is 30.5 Å². The summed E-state index contributed by atoms with van der Waals surface area (Å²) in [7, 11) is 0. The van der Waals surface area contributed by atoms with Gasteiger partial charge in [0.2, 0.25) is 0 Å². The lowest BCUT2D eigenvalue weighted by Gasteiger charge is -2.31. The van der Waals surface area contributed by atoms with Crippen molar-refractivity contribution >= 4 is 11.0 Å². The Morgan fingerprint density at radius 2 is 1.91 bits per heavy atom. The maximum atomic E-state index is 9.90. The minimum Gasteiger partial charge on any atom is -0.508 e. The highest BCUT2D eigenvalue weighted by atomic mass is 16.3. The van der Waals surface area contributed by atoms with Crippen molar-refractivity contribution in [1.82, 2.24) is 0 Å². The Balaban J connectivity index is 2.13. The number of hydrogen-bond acceptors (Lipinski definition) is 4. The molecule has 23 heavy (non-hydrogen) atoms. The van der Waals surface area contributed by atoms with Gasteiger partial charge < -0.3 is 14.6 Å². The molecule has 0 fully saturated rings. The maximum absolute atomic E-state index is 9.90. The number of phenols is 2. The zero-order valence-corrected chi connectivity index (χ0v) is 12.8. The predicted octanol–water partition coefficient (Wildman–Crippen LogP) is 4.22. The van der Waals surface area contributed by atoms with E-state index in [1.54, 1.807) is 18.2 Å². The van der Waals surface area contributed by atoms with Crippen LogP contribution in [0.3, 0.4) is 0 Å². The number of phenolic OH excluding ortho intramolecular Hbond substituents is 2. The van der Waals surface area contributed by atoms with Crippen molar-refractivity contribution in [3.05, 3.63) is 47.0 Å². The first-order chi connectivity index (χ1) is 10.9. The number of aromatic hydroxyl groups is 2. The number of nitriles is 1. The van der Waals surface area contributed by atoms with Gasteiger partial charge in [-0.2, -0.15) is 5.26 Å². The molecule has 0 atom stereocenters. The number of furan rings is 1. The Morgan fingerprint density at radius 1 is 1.13 bits per heavy atom. The molecule has 1 heterocycles. The second-order valence-corrected chi connectivity index (χ2v) is 6.68. The minimum absolute atomic E-state index is 0.0620. The van der Waals surface area contributed by atoms with Crippen molar-refractivity contribution in [3.8, 4) is 28.9 Å². The predicted molar refractivity (Wildman–Crippen MR) is 86.4 cm³/mol. The van der Waals surface area contributed by atoms with Crippen LogP contribution in [-0.2, 0) is 11.8 Å². The van der Waals surface area contributed by atoms with E-state index in [4.69, 9.17) is 4.42 Å². The van der Waals surface area contributed by atoms with Crippen molar-refractivity contribution in [2.45, 2.75) is 25.7 Å². The first kappa shape index (κ1) is 13.7. The minimum atomic E-state index is -0.184. The fraction of sp³-hybridized carbons (Fsp3) is 0.211. The van der Waals surface area contributed by atoms with Gasteiger partial charge in [0.25, 0.3) is 0 Å². The van der Waals surface area contributed by atoms with E-state index in [1.165, 1.54) is 6.07 Å². The van der Waals surface area contributed by atoms with Crippen LogP contribution in [0.25, 0.3) is 22.3 Å². The first-order valence-corrected chi connectivity index (χ1v) is 7.43. The average molecular weight is 305 g/mol. The second kappa shape index (κ2) is 4.30. The molecule has 0 amide bonds. The highest BCUT2D eigenvalue weighted by molar-refractivity contribution is 5.94. The van der Waals surface area contributed by atoms with Crippen molar-refractivity contribution < 1.29 is 14.6 Å². The third kappa shape index (κ3) is 1.83. The molecule has 0 unspecified atom stereocenters. The van der Waals surface area contributed by atoms with Gasteiger partial charge in [0, 0.05) is 22.6 Å². The van der Waals surface area contributed by atoms with Crippen LogP contribution in [0, 0.1) is 11.3 Å². The van der Waals surface area contributed by atoms with Crippen LogP contribution in [0.5, 0.6) is 11.5 Å². The number of fused-ring (bicyclic) bond motifs is 5. The van der Waals surface area contributed by atoms with Gasteiger partial charge in [-0.15, -0.1) is 0 Å². The highest BCUT2D eigenvalue weighted by Crippen LogP contribution is 2.48. The Morgan fingerprint density at radius 3 is 2.65 bits per heavy atom. The van der Waals surface area contributed by atoms with Gasteiger partial charge in [0.1, 0.15) is 23.3 Å². The van der Waals surface area contributed by atoms with E-state index in [0.29, 0.717) is 17.6 Å². The maximum Gasteiger partial charge on any atom is 0.153 e. The van der Waals surface area contributed by atoms with Crippen LogP contribution in [0.15, 0.2) is 34.7 Å². The van der Waals surface area contributed by atoms with Gasteiger partial charge in [-0.05, 0) is 41.7 Å². The van der Waals surface area contributed by atoms with Crippen molar-refractivity contribution in [2.75, 3.05) is 0 Å². The Kier molecular flexibility index (Phi) is 2.56. The molecule has 0 saturated heterocycles. The van der Waals surface area contributed by atoms with Gasteiger partial charge in [-0.1, -0.05) is 13.8 Å². The van der Waals surface area contributed by atoms with Gasteiger partial charge >= 0.3 is 0 Å². The summed E-state index contributed by atoms with van der Waals surface area (Å²) >= 11 is 0. The number of benzene rings is 2. The van der Waals surface area contributed by atoms with Gasteiger partial charge in [-0.3, -0.25) is 0 Å². The van der Waals surface area contributed by atoms with Crippen molar-refractivity contribution in [1.29, 1.82) is 5.26 Å². The summed E-state index contributed by atoms with van der Waals surface area (Å²) in [4.78, 5) is 0. The summed E-state index contributed by atoms with van der Waals surface area (Å²) in [6.45, 7) is 4.22. The quantitative estimate of drug-likeness (QED) is 0.652. The summed E-state index contributed by atoms with van der Waals surface area (Å²) in [5, 5.41) is 29.8. The monoisotopic (exact) mass is 305 g/mol. The van der Waals surface area contributed by atoms with Crippen LogP contribution < -0.4 is 0 Å². The Hall–Kier alpha value is -2.93. The molecule has 1 aliphatic rings. The molecule has 4 nitrogen and oxygen atoms in total. The summed E-state index contributed by atoms with van der Waals surface area (Å²) in [5.74, 6) is 1.01. The van der Waals surface area contributed by atoms with Crippen LogP contribution >= 0.6 is 0 Å². The smallest absolute Gasteiger partial charge is 0.153 e. The molecule has 1 aliphatic carbocycles. The van der Waals surface area contributed by atoms with Crippen LogP contribution in [0.2, 0.25) is 0 Å². The first-order valence-electron chi connectivity index (χ1n) is 7.43. The van der Waals surface area contributed by atoms with E-state index in [9.17, 15) is 15.5 Å². The zero-order valence-electron chi connectivity index (χ0n) is 12.8. The molecule has 114 valence electrons. The molecule has 4 heteroatoms. The highest BCUT2D eigenvalue weighted by Gasteiger charge is 2.35. The largest absolute Gasteiger partial charge is 0.508 e. The molecule has 0 saturated carbocycles. The molecule has 0 bridgehead atoms. The zero-order chi connectivity index (χ0) is 16.4. The Labute approximate surface area is 133 Å². The molecule has 2 aromatic carbocycles. The molecule has 2 N–H and O–H groups in total. The van der Waals surface area contributed by atoms with Gasteiger partial charge in [0.15, 0.2) is 5.58 Å². The lowest BCUT2D eigenvalue weighted by molar-refractivity contribution is 0.464. The van der Waals surface area contributed by atoms with E-state index >= 15 is 0 Å². The van der Waals surface area contributed by atoms with E-state index < -0.39 is 0 Å². The molecule has 1 aromatic heterocycles. The van der Waals surface area contributed by atoms with E-state index in [1.807, 2.05) is 6.07 Å². The third-order valence-corrected chi connectivity index (χ3v) is 4.59. The van der Waals surface area contributed by atoms with E-state index in [-0.39, 0.29) is 16.9 Å². The average Bonchev–Trinajstić information content (AvgIpc) is 2.84. The molecular formula is C19H15NO3.